The van der Waals surface area contributed by atoms with E-state index < -0.39 is 10.0 Å². The Labute approximate surface area is 119 Å². The second-order valence-electron chi connectivity index (χ2n) is 3.60. The summed E-state index contributed by atoms with van der Waals surface area (Å²) < 4.78 is 26.2. The number of aromatic nitrogens is 2. The van der Waals surface area contributed by atoms with E-state index in [9.17, 15) is 13.2 Å². The zero-order chi connectivity index (χ0) is 14.5. The van der Waals surface area contributed by atoms with Crippen molar-refractivity contribution in [3.05, 3.63) is 33.7 Å². The third-order valence-electron chi connectivity index (χ3n) is 2.28. The van der Waals surface area contributed by atoms with Gasteiger partial charge in [-0.15, -0.1) is 6.58 Å². The van der Waals surface area contributed by atoms with Gasteiger partial charge in [-0.25, -0.2) is 17.8 Å². The third-order valence-corrected chi connectivity index (χ3v) is 4.41. The van der Waals surface area contributed by atoms with Crippen LogP contribution in [-0.4, -0.2) is 37.5 Å². The van der Waals surface area contributed by atoms with Gasteiger partial charge in [0.2, 0.25) is 10.0 Å². The normalized spacial score (nSPS) is 11.3. The van der Waals surface area contributed by atoms with Crippen LogP contribution < -0.4 is 15.6 Å². The van der Waals surface area contributed by atoms with Crippen LogP contribution in [0.15, 0.2) is 28.1 Å². The van der Waals surface area contributed by atoms with Gasteiger partial charge in [0, 0.05) is 6.54 Å². The first-order valence-corrected chi connectivity index (χ1v) is 7.87. The summed E-state index contributed by atoms with van der Waals surface area (Å²) in [6.07, 6.45) is 3.02. The van der Waals surface area contributed by atoms with Crippen LogP contribution in [0.3, 0.4) is 0 Å². The minimum atomic E-state index is -3.27. The second-order valence-corrected chi connectivity index (χ2v) is 6.44. The lowest BCUT2D eigenvalue weighted by Gasteiger charge is -2.09. The molecule has 0 aliphatic heterocycles. The summed E-state index contributed by atoms with van der Waals surface area (Å²) in [7, 11) is -1.92. The number of allylic oxidation sites excluding steroid dienone is 1. The fourth-order valence-corrected chi connectivity index (χ4v) is 2.28. The van der Waals surface area contributed by atoms with Crippen molar-refractivity contribution < 1.29 is 8.42 Å². The molecule has 0 fully saturated rings. The lowest BCUT2D eigenvalue weighted by molar-refractivity contribution is 0.588. The standard InChI is InChI=1S/C10H15BrN4O3S/c1-3-5-15-10(16)9(11)8(7-14-15)13-4-6-19(17,18)12-2/h3,7,12-13H,1,4-6H2,2H3. The van der Waals surface area contributed by atoms with Crippen LogP contribution in [0.5, 0.6) is 0 Å². The predicted octanol–water partition coefficient (Wildman–Crippen LogP) is 0.153. The smallest absolute Gasteiger partial charge is 0.283 e. The maximum atomic E-state index is 11.8. The van der Waals surface area contributed by atoms with Crippen molar-refractivity contribution >= 4 is 31.6 Å². The average Bonchev–Trinajstić information content (AvgIpc) is 2.38. The topological polar surface area (TPSA) is 93.1 Å². The van der Waals surface area contributed by atoms with E-state index in [1.807, 2.05) is 0 Å². The number of nitrogens with one attached hydrogen (secondary N) is 2. The molecule has 106 valence electrons. The Balaban J connectivity index is 2.78. The van der Waals surface area contributed by atoms with Gasteiger partial charge in [0.15, 0.2) is 0 Å². The highest BCUT2D eigenvalue weighted by Gasteiger charge is 2.10. The minimum absolute atomic E-state index is 0.0916. The summed E-state index contributed by atoms with van der Waals surface area (Å²) in [5.74, 6) is -0.0916. The fraction of sp³-hybridized carbons (Fsp3) is 0.400. The zero-order valence-corrected chi connectivity index (χ0v) is 12.8. The quantitative estimate of drug-likeness (QED) is 0.683. The Morgan fingerprint density at radius 2 is 2.26 bits per heavy atom. The Morgan fingerprint density at radius 1 is 1.58 bits per heavy atom. The average molecular weight is 351 g/mol. The van der Waals surface area contributed by atoms with Crippen LogP contribution in [0.25, 0.3) is 0 Å². The Hall–Kier alpha value is -1.19. The first-order chi connectivity index (χ1) is 8.91. The molecule has 1 rings (SSSR count). The SMILES string of the molecule is C=CCn1ncc(NCCS(=O)(=O)NC)c(Br)c1=O. The highest BCUT2D eigenvalue weighted by atomic mass is 79.9. The van der Waals surface area contributed by atoms with E-state index in [4.69, 9.17) is 0 Å². The van der Waals surface area contributed by atoms with E-state index in [1.54, 1.807) is 6.08 Å². The molecule has 2 N–H and O–H groups in total. The number of hydrogen-bond donors (Lipinski definition) is 2. The molecule has 19 heavy (non-hydrogen) atoms. The molecule has 1 aromatic heterocycles. The summed E-state index contributed by atoms with van der Waals surface area (Å²) in [6.45, 7) is 4.02. The van der Waals surface area contributed by atoms with Gasteiger partial charge in [0.25, 0.3) is 5.56 Å². The van der Waals surface area contributed by atoms with Crippen molar-refractivity contribution in [1.82, 2.24) is 14.5 Å². The first-order valence-electron chi connectivity index (χ1n) is 5.43. The third kappa shape index (κ3) is 4.44. The molecule has 0 aromatic carbocycles. The summed E-state index contributed by atoms with van der Waals surface area (Å²) in [5, 5.41) is 6.79. The minimum Gasteiger partial charge on any atom is -0.382 e. The zero-order valence-electron chi connectivity index (χ0n) is 10.4. The van der Waals surface area contributed by atoms with Crippen molar-refractivity contribution in [2.75, 3.05) is 24.7 Å². The molecule has 0 saturated carbocycles. The largest absolute Gasteiger partial charge is 0.382 e. The number of halogens is 1. The molecular weight excluding hydrogens is 336 g/mol. The Bertz CT molecular complexity index is 612. The lowest BCUT2D eigenvalue weighted by Crippen LogP contribution is -2.28. The molecule has 1 heterocycles. The van der Waals surface area contributed by atoms with Crippen LogP contribution in [0.2, 0.25) is 0 Å². The number of anilines is 1. The molecule has 0 spiro atoms. The Kier molecular flexibility index (Phi) is 5.70. The molecule has 7 nitrogen and oxygen atoms in total. The number of rotatable bonds is 7. The molecule has 0 radical (unpaired) electrons. The maximum Gasteiger partial charge on any atom is 0.283 e. The van der Waals surface area contributed by atoms with Gasteiger partial charge in [-0.1, -0.05) is 6.08 Å². The summed E-state index contributed by atoms with van der Waals surface area (Å²) in [4.78, 5) is 11.8. The van der Waals surface area contributed by atoms with E-state index >= 15 is 0 Å². The molecule has 0 unspecified atom stereocenters. The highest BCUT2D eigenvalue weighted by molar-refractivity contribution is 9.10. The molecular formula is C10H15BrN4O3S. The highest BCUT2D eigenvalue weighted by Crippen LogP contribution is 2.15. The van der Waals surface area contributed by atoms with Gasteiger partial charge in [-0.3, -0.25) is 4.79 Å². The molecule has 0 aliphatic rings. The van der Waals surface area contributed by atoms with E-state index in [0.717, 1.165) is 0 Å². The number of hydrogen-bond acceptors (Lipinski definition) is 5. The molecule has 0 aliphatic carbocycles. The molecule has 1 aromatic rings. The summed E-state index contributed by atoms with van der Waals surface area (Å²) in [6, 6.07) is 0. The number of sulfonamides is 1. The molecule has 0 amide bonds. The van der Waals surface area contributed by atoms with Crippen LogP contribution in [-0.2, 0) is 16.6 Å². The maximum absolute atomic E-state index is 11.8. The van der Waals surface area contributed by atoms with Crippen LogP contribution in [0.4, 0.5) is 5.69 Å². The van der Waals surface area contributed by atoms with E-state index in [1.165, 1.54) is 17.9 Å². The van der Waals surface area contributed by atoms with Gasteiger partial charge in [0.05, 0.1) is 24.2 Å². The number of nitrogens with zero attached hydrogens (tertiary/aromatic N) is 2. The van der Waals surface area contributed by atoms with E-state index in [0.29, 0.717) is 16.7 Å². The molecule has 9 heteroatoms. The van der Waals surface area contributed by atoms with Gasteiger partial charge in [0.1, 0.15) is 4.47 Å². The summed E-state index contributed by atoms with van der Waals surface area (Å²) in [5.41, 5.74) is 0.151. The van der Waals surface area contributed by atoms with Crippen molar-refractivity contribution in [2.24, 2.45) is 0 Å². The van der Waals surface area contributed by atoms with Gasteiger partial charge >= 0.3 is 0 Å². The predicted molar refractivity (Wildman–Crippen MR) is 77.7 cm³/mol. The van der Waals surface area contributed by atoms with Gasteiger partial charge in [-0.2, -0.15) is 5.10 Å². The molecule has 0 atom stereocenters. The second kappa shape index (κ2) is 6.83. The van der Waals surface area contributed by atoms with Crippen LogP contribution in [0, 0.1) is 0 Å². The van der Waals surface area contributed by atoms with Crippen molar-refractivity contribution in [3.8, 4) is 0 Å². The van der Waals surface area contributed by atoms with E-state index in [2.05, 4.69) is 37.6 Å². The van der Waals surface area contributed by atoms with E-state index in [-0.39, 0.29) is 17.9 Å². The first kappa shape index (κ1) is 15.9. The Morgan fingerprint density at radius 3 is 2.84 bits per heavy atom. The molecule has 0 bridgehead atoms. The van der Waals surface area contributed by atoms with Gasteiger partial charge < -0.3 is 5.32 Å². The molecule has 0 saturated heterocycles. The van der Waals surface area contributed by atoms with Gasteiger partial charge in [-0.05, 0) is 23.0 Å². The van der Waals surface area contributed by atoms with Crippen molar-refractivity contribution in [1.29, 1.82) is 0 Å². The fourth-order valence-electron chi connectivity index (χ4n) is 1.26. The van der Waals surface area contributed by atoms with Crippen molar-refractivity contribution in [3.63, 3.8) is 0 Å². The monoisotopic (exact) mass is 350 g/mol. The summed E-state index contributed by atoms with van der Waals surface area (Å²) >= 11 is 3.16. The van der Waals surface area contributed by atoms with Crippen LogP contribution >= 0.6 is 15.9 Å². The van der Waals surface area contributed by atoms with Crippen molar-refractivity contribution in [2.45, 2.75) is 6.54 Å². The lowest BCUT2D eigenvalue weighted by atomic mass is 10.4. The van der Waals surface area contributed by atoms with Crippen LogP contribution in [0.1, 0.15) is 0 Å².